The zero-order valence-corrected chi connectivity index (χ0v) is 14.8. The molecular weight excluding hydrogens is 316 g/mol. The van der Waals surface area contributed by atoms with E-state index in [0.717, 1.165) is 71.9 Å². The van der Waals surface area contributed by atoms with Crippen molar-refractivity contribution in [1.82, 2.24) is 19.6 Å². The minimum atomic E-state index is 0.261. The lowest BCUT2D eigenvalue weighted by molar-refractivity contribution is -0.133. The molecule has 1 aromatic rings. The molecule has 2 fully saturated rings. The van der Waals surface area contributed by atoms with Crippen LogP contribution in [0.15, 0.2) is 30.3 Å². The molecule has 1 aromatic carbocycles. The Morgan fingerprint density at radius 1 is 0.880 bits per heavy atom. The predicted octanol–water partition coefficient (Wildman–Crippen LogP) is 0.495. The minimum Gasteiger partial charge on any atom is -0.343 e. The molecule has 0 bridgehead atoms. The second-order valence-electron chi connectivity index (χ2n) is 6.88. The van der Waals surface area contributed by atoms with Gasteiger partial charge >= 0.3 is 0 Å². The first-order valence-corrected chi connectivity index (χ1v) is 9.20. The second kappa shape index (κ2) is 8.97. The monoisotopic (exact) mass is 344 g/mol. The molecule has 2 heterocycles. The summed E-state index contributed by atoms with van der Waals surface area (Å²) in [6, 6.07) is 10.5. The molecule has 0 radical (unpaired) electrons. The first kappa shape index (κ1) is 17.9. The average Bonchev–Trinajstić information content (AvgIpc) is 2.68. The zero-order valence-electron chi connectivity index (χ0n) is 14.8. The number of carbonyl (C=O) groups excluding carboxylic acids is 2. The van der Waals surface area contributed by atoms with E-state index in [0.29, 0.717) is 6.42 Å². The molecule has 6 nitrogen and oxygen atoms in total. The van der Waals surface area contributed by atoms with Crippen LogP contribution in [-0.2, 0) is 16.1 Å². The van der Waals surface area contributed by atoms with Crippen LogP contribution in [0.2, 0.25) is 0 Å². The van der Waals surface area contributed by atoms with Gasteiger partial charge in [-0.05, 0) is 5.56 Å². The summed E-state index contributed by atoms with van der Waals surface area (Å²) >= 11 is 0. The summed E-state index contributed by atoms with van der Waals surface area (Å²) in [6.45, 7) is 8.59. The second-order valence-corrected chi connectivity index (χ2v) is 6.88. The molecule has 2 aliphatic heterocycles. The van der Waals surface area contributed by atoms with Gasteiger partial charge in [0.1, 0.15) is 0 Å². The van der Waals surface area contributed by atoms with Gasteiger partial charge in [-0.15, -0.1) is 0 Å². The Kier molecular flexibility index (Phi) is 6.42. The van der Waals surface area contributed by atoms with E-state index >= 15 is 0 Å². The maximum atomic E-state index is 12.4. The van der Waals surface area contributed by atoms with E-state index in [2.05, 4.69) is 34.1 Å². The van der Waals surface area contributed by atoms with Crippen LogP contribution in [-0.4, -0.2) is 90.8 Å². The van der Waals surface area contributed by atoms with Crippen molar-refractivity contribution in [2.24, 2.45) is 0 Å². The number of hydrogen-bond acceptors (Lipinski definition) is 4. The molecule has 0 saturated carbocycles. The van der Waals surface area contributed by atoms with Crippen molar-refractivity contribution in [2.75, 3.05) is 58.9 Å². The molecule has 2 aliphatic rings. The summed E-state index contributed by atoms with van der Waals surface area (Å²) in [6.07, 6.45) is 1.50. The molecular formula is C19H28N4O2. The van der Waals surface area contributed by atoms with Crippen molar-refractivity contribution >= 4 is 12.3 Å². The van der Waals surface area contributed by atoms with Gasteiger partial charge in [-0.3, -0.25) is 19.4 Å². The summed E-state index contributed by atoms with van der Waals surface area (Å²) in [7, 11) is 0. The molecule has 25 heavy (non-hydrogen) atoms. The van der Waals surface area contributed by atoms with E-state index in [9.17, 15) is 9.59 Å². The Hall–Kier alpha value is -1.92. The number of benzene rings is 1. The molecule has 0 unspecified atom stereocenters. The van der Waals surface area contributed by atoms with E-state index in [1.165, 1.54) is 5.56 Å². The van der Waals surface area contributed by atoms with E-state index in [1.54, 1.807) is 4.90 Å². The Morgan fingerprint density at radius 2 is 1.52 bits per heavy atom. The maximum absolute atomic E-state index is 12.4. The SMILES string of the molecule is O=CN1CCN(CCC(=O)N2CCN(Cc3ccccc3)CC2)CC1. The third-order valence-electron chi connectivity index (χ3n) is 5.17. The van der Waals surface area contributed by atoms with E-state index in [-0.39, 0.29) is 5.91 Å². The van der Waals surface area contributed by atoms with Crippen LogP contribution >= 0.6 is 0 Å². The number of rotatable bonds is 6. The zero-order chi connectivity index (χ0) is 17.5. The number of carbonyl (C=O) groups is 2. The Bertz CT molecular complexity index is 550. The highest BCUT2D eigenvalue weighted by molar-refractivity contribution is 5.76. The molecule has 0 atom stereocenters. The lowest BCUT2D eigenvalue weighted by Crippen LogP contribution is -2.50. The normalized spacial score (nSPS) is 19.8. The number of piperazine rings is 2. The Labute approximate surface area is 150 Å². The average molecular weight is 344 g/mol. The van der Waals surface area contributed by atoms with Gasteiger partial charge in [-0.2, -0.15) is 0 Å². The van der Waals surface area contributed by atoms with Gasteiger partial charge in [0.15, 0.2) is 0 Å². The van der Waals surface area contributed by atoms with Crippen molar-refractivity contribution in [1.29, 1.82) is 0 Å². The summed E-state index contributed by atoms with van der Waals surface area (Å²) in [5, 5.41) is 0. The fourth-order valence-corrected chi connectivity index (χ4v) is 3.50. The summed E-state index contributed by atoms with van der Waals surface area (Å²) < 4.78 is 0. The van der Waals surface area contributed by atoms with Gasteiger partial charge in [0.2, 0.25) is 12.3 Å². The van der Waals surface area contributed by atoms with Crippen LogP contribution in [0.3, 0.4) is 0 Å². The van der Waals surface area contributed by atoms with Crippen molar-refractivity contribution < 1.29 is 9.59 Å². The van der Waals surface area contributed by atoms with Crippen molar-refractivity contribution in [3.8, 4) is 0 Å². The lowest BCUT2D eigenvalue weighted by atomic mass is 10.2. The summed E-state index contributed by atoms with van der Waals surface area (Å²) in [4.78, 5) is 31.7. The van der Waals surface area contributed by atoms with Gasteiger partial charge in [0, 0.05) is 71.9 Å². The lowest BCUT2D eigenvalue weighted by Gasteiger charge is -2.36. The highest BCUT2D eigenvalue weighted by Crippen LogP contribution is 2.10. The highest BCUT2D eigenvalue weighted by Gasteiger charge is 2.22. The fourth-order valence-electron chi connectivity index (χ4n) is 3.50. The number of amides is 2. The van der Waals surface area contributed by atoms with Crippen molar-refractivity contribution in [3.63, 3.8) is 0 Å². The smallest absolute Gasteiger partial charge is 0.223 e. The largest absolute Gasteiger partial charge is 0.343 e. The first-order chi connectivity index (χ1) is 12.2. The van der Waals surface area contributed by atoms with E-state index < -0.39 is 0 Å². The molecule has 3 rings (SSSR count). The Balaban J connectivity index is 1.35. The summed E-state index contributed by atoms with van der Waals surface area (Å²) in [5.41, 5.74) is 1.33. The topological polar surface area (TPSA) is 47.1 Å². The molecule has 6 heteroatoms. The fraction of sp³-hybridized carbons (Fsp3) is 0.579. The minimum absolute atomic E-state index is 0.261. The van der Waals surface area contributed by atoms with Gasteiger partial charge in [-0.25, -0.2) is 0 Å². The predicted molar refractivity (Wildman–Crippen MR) is 97.0 cm³/mol. The van der Waals surface area contributed by atoms with Gasteiger partial charge < -0.3 is 9.80 Å². The first-order valence-electron chi connectivity index (χ1n) is 9.20. The van der Waals surface area contributed by atoms with Crippen LogP contribution in [0.4, 0.5) is 0 Å². The van der Waals surface area contributed by atoms with E-state index in [1.807, 2.05) is 11.0 Å². The molecule has 0 aliphatic carbocycles. The third-order valence-corrected chi connectivity index (χ3v) is 5.17. The van der Waals surface area contributed by atoms with Gasteiger partial charge in [0.05, 0.1) is 0 Å². The maximum Gasteiger partial charge on any atom is 0.223 e. The third kappa shape index (κ3) is 5.28. The Morgan fingerprint density at radius 3 is 2.16 bits per heavy atom. The van der Waals surface area contributed by atoms with Crippen molar-refractivity contribution in [2.45, 2.75) is 13.0 Å². The van der Waals surface area contributed by atoms with Crippen molar-refractivity contribution in [3.05, 3.63) is 35.9 Å². The van der Waals surface area contributed by atoms with Crippen LogP contribution in [0.25, 0.3) is 0 Å². The van der Waals surface area contributed by atoms with Crippen LogP contribution in [0.1, 0.15) is 12.0 Å². The summed E-state index contributed by atoms with van der Waals surface area (Å²) in [5.74, 6) is 0.261. The molecule has 2 saturated heterocycles. The van der Waals surface area contributed by atoms with Crippen LogP contribution < -0.4 is 0 Å². The van der Waals surface area contributed by atoms with Gasteiger partial charge in [-0.1, -0.05) is 30.3 Å². The molecule has 136 valence electrons. The number of nitrogens with zero attached hydrogens (tertiary/aromatic N) is 4. The van der Waals surface area contributed by atoms with Crippen LogP contribution in [0.5, 0.6) is 0 Å². The number of hydrogen-bond donors (Lipinski definition) is 0. The molecule has 0 aromatic heterocycles. The molecule has 2 amide bonds. The van der Waals surface area contributed by atoms with E-state index in [4.69, 9.17) is 0 Å². The molecule has 0 N–H and O–H groups in total. The quantitative estimate of drug-likeness (QED) is 0.705. The van der Waals surface area contributed by atoms with Crippen LogP contribution in [0, 0.1) is 0 Å². The van der Waals surface area contributed by atoms with Gasteiger partial charge in [0.25, 0.3) is 0 Å². The molecule has 0 spiro atoms. The highest BCUT2D eigenvalue weighted by atomic mass is 16.2. The standard InChI is InChI=1S/C19H28N4O2/c24-17-22-10-8-20(9-11-22)7-6-19(25)23-14-12-21(13-15-23)16-18-4-2-1-3-5-18/h1-5,17H,6-16H2.